The summed E-state index contributed by atoms with van der Waals surface area (Å²) >= 11 is 0. The maximum absolute atomic E-state index is 11.6. The number of piperidine rings is 1. The molecule has 1 aliphatic heterocycles. The lowest BCUT2D eigenvalue weighted by Gasteiger charge is -2.36. The van der Waals surface area contributed by atoms with Crippen molar-refractivity contribution in [1.29, 1.82) is 0 Å². The van der Waals surface area contributed by atoms with Crippen molar-refractivity contribution >= 4 is 5.91 Å². The molecular formula is C13H25N3O. The number of amides is 1. The van der Waals surface area contributed by atoms with Gasteiger partial charge in [0.1, 0.15) is 0 Å². The molecule has 98 valence electrons. The molecule has 2 fully saturated rings. The third kappa shape index (κ3) is 3.96. The predicted molar refractivity (Wildman–Crippen MR) is 68.5 cm³/mol. The van der Waals surface area contributed by atoms with Crippen molar-refractivity contribution in [2.45, 2.75) is 38.6 Å². The maximum atomic E-state index is 11.6. The number of likely N-dealkylation sites (tertiary alicyclic amines) is 1. The number of carbonyl (C=O) groups excluding carboxylic acids is 1. The Bertz CT molecular complexity index is 265. The molecule has 1 saturated heterocycles. The lowest BCUT2D eigenvalue weighted by Crippen LogP contribution is -2.43. The number of hydrogen-bond donors (Lipinski definition) is 2. The number of nitrogens with two attached hydrogens (primary N) is 1. The molecular weight excluding hydrogens is 214 g/mol. The van der Waals surface area contributed by atoms with Gasteiger partial charge in [0.05, 0.1) is 0 Å². The Morgan fingerprint density at radius 1 is 1.41 bits per heavy atom. The first-order valence-electron chi connectivity index (χ1n) is 6.91. The van der Waals surface area contributed by atoms with Crippen molar-refractivity contribution < 1.29 is 4.79 Å². The van der Waals surface area contributed by atoms with E-state index in [1.165, 1.54) is 19.3 Å². The van der Waals surface area contributed by atoms with Crippen LogP contribution in [-0.4, -0.2) is 43.0 Å². The van der Waals surface area contributed by atoms with Gasteiger partial charge in [0.25, 0.3) is 0 Å². The van der Waals surface area contributed by atoms with E-state index in [1.54, 1.807) is 0 Å². The molecule has 2 unspecified atom stereocenters. The molecule has 4 nitrogen and oxygen atoms in total. The SMILES string of the molecule is CC1CCN(CCC(=O)NC2CC2)CC1CN. The zero-order chi connectivity index (χ0) is 12.3. The summed E-state index contributed by atoms with van der Waals surface area (Å²) < 4.78 is 0. The van der Waals surface area contributed by atoms with Gasteiger partial charge in [-0.2, -0.15) is 0 Å². The number of carbonyl (C=O) groups is 1. The van der Waals surface area contributed by atoms with Crippen molar-refractivity contribution in [3.63, 3.8) is 0 Å². The molecule has 3 N–H and O–H groups in total. The molecule has 0 spiro atoms. The molecule has 0 aromatic carbocycles. The van der Waals surface area contributed by atoms with Gasteiger partial charge in [-0.05, 0) is 44.2 Å². The van der Waals surface area contributed by atoms with Gasteiger partial charge in [0, 0.05) is 25.6 Å². The Kier molecular flexibility index (Phi) is 4.40. The first-order valence-corrected chi connectivity index (χ1v) is 6.91. The fourth-order valence-electron chi connectivity index (χ4n) is 2.52. The van der Waals surface area contributed by atoms with Gasteiger partial charge >= 0.3 is 0 Å². The molecule has 1 aliphatic carbocycles. The molecule has 0 radical (unpaired) electrons. The van der Waals surface area contributed by atoms with E-state index in [1.807, 2.05) is 0 Å². The molecule has 0 bridgehead atoms. The highest BCUT2D eigenvalue weighted by molar-refractivity contribution is 5.76. The molecule has 1 amide bonds. The van der Waals surface area contributed by atoms with E-state index < -0.39 is 0 Å². The van der Waals surface area contributed by atoms with Gasteiger partial charge in [-0.15, -0.1) is 0 Å². The minimum absolute atomic E-state index is 0.218. The smallest absolute Gasteiger partial charge is 0.221 e. The van der Waals surface area contributed by atoms with Crippen LogP contribution in [0.15, 0.2) is 0 Å². The summed E-state index contributed by atoms with van der Waals surface area (Å²) in [4.78, 5) is 14.0. The van der Waals surface area contributed by atoms with Gasteiger partial charge in [0.15, 0.2) is 0 Å². The Morgan fingerprint density at radius 2 is 2.18 bits per heavy atom. The third-order valence-corrected chi connectivity index (χ3v) is 4.10. The predicted octanol–water partition coefficient (Wildman–Crippen LogP) is 0.572. The number of nitrogens with one attached hydrogen (secondary N) is 1. The Morgan fingerprint density at radius 3 is 2.82 bits per heavy atom. The van der Waals surface area contributed by atoms with E-state index >= 15 is 0 Å². The van der Waals surface area contributed by atoms with Crippen LogP contribution in [0.4, 0.5) is 0 Å². The Hall–Kier alpha value is -0.610. The lowest BCUT2D eigenvalue weighted by molar-refractivity contribution is -0.121. The quantitative estimate of drug-likeness (QED) is 0.737. The average Bonchev–Trinajstić information content (AvgIpc) is 3.12. The van der Waals surface area contributed by atoms with Gasteiger partial charge < -0.3 is 16.0 Å². The van der Waals surface area contributed by atoms with Crippen molar-refractivity contribution in [2.75, 3.05) is 26.2 Å². The minimum Gasteiger partial charge on any atom is -0.353 e. The highest BCUT2D eigenvalue weighted by Crippen LogP contribution is 2.22. The second-order valence-corrected chi connectivity index (χ2v) is 5.65. The number of nitrogens with zero attached hydrogens (tertiary/aromatic N) is 1. The second-order valence-electron chi connectivity index (χ2n) is 5.65. The summed E-state index contributed by atoms with van der Waals surface area (Å²) in [6, 6.07) is 0.487. The summed E-state index contributed by atoms with van der Waals surface area (Å²) in [7, 11) is 0. The van der Waals surface area contributed by atoms with Crippen LogP contribution in [0.5, 0.6) is 0 Å². The van der Waals surface area contributed by atoms with Gasteiger partial charge in [-0.25, -0.2) is 0 Å². The summed E-state index contributed by atoms with van der Waals surface area (Å²) in [6.07, 6.45) is 4.19. The molecule has 2 rings (SSSR count). The normalized spacial score (nSPS) is 30.2. The second kappa shape index (κ2) is 5.83. The number of hydrogen-bond acceptors (Lipinski definition) is 3. The van der Waals surface area contributed by atoms with Gasteiger partial charge in [-0.3, -0.25) is 4.79 Å². The van der Waals surface area contributed by atoms with Crippen molar-refractivity contribution in [1.82, 2.24) is 10.2 Å². The van der Waals surface area contributed by atoms with E-state index in [0.29, 0.717) is 18.4 Å². The highest BCUT2D eigenvalue weighted by atomic mass is 16.1. The van der Waals surface area contributed by atoms with E-state index in [0.717, 1.165) is 32.1 Å². The third-order valence-electron chi connectivity index (χ3n) is 4.10. The standard InChI is InChI=1S/C13H25N3O/c1-10-4-6-16(9-11(10)8-14)7-5-13(17)15-12-2-3-12/h10-12H,2-9,14H2,1H3,(H,15,17). The maximum Gasteiger partial charge on any atom is 0.221 e. The van der Waals surface area contributed by atoms with E-state index in [2.05, 4.69) is 17.1 Å². The first-order chi connectivity index (χ1) is 8.19. The Labute approximate surface area is 104 Å². The van der Waals surface area contributed by atoms with Crippen molar-refractivity contribution in [2.24, 2.45) is 17.6 Å². The van der Waals surface area contributed by atoms with Gasteiger partial charge in [0.2, 0.25) is 5.91 Å². The Balaban J connectivity index is 1.66. The molecule has 1 heterocycles. The van der Waals surface area contributed by atoms with E-state index in [4.69, 9.17) is 5.73 Å². The lowest BCUT2D eigenvalue weighted by atomic mass is 9.87. The van der Waals surface area contributed by atoms with Crippen LogP contribution in [0.25, 0.3) is 0 Å². The van der Waals surface area contributed by atoms with Crippen LogP contribution in [0.3, 0.4) is 0 Å². The zero-order valence-electron chi connectivity index (χ0n) is 10.8. The average molecular weight is 239 g/mol. The minimum atomic E-state index is 0.218. The van der Waals surface area contributed by atoms with Crippen LogP contribution < -0.4 is 11.1 Å². The molecule has 2 atom stereocenters. The van der Waals surface area contributed by atoms with Crippen LogP contribution in [0.2, 0.25) is 0 Å². The molecule has 17 heavy (non-hydrogen) atoms. The fraction of sp³-hybridized carbons (Fsp3) is 0.923. The summed E-state index contributed by atoms with van der Waals surface area (Å²) in [5, 5.41) is 3.04. The summed E-state index contributed by atoms with van der Waals surface area (Å²) in [5.41, 5.74) is 5.78. The van der Waals surface area contributed by atoms with Crippen LogP contribution >= 0.6 is 0 Å². The summed E-state index contributed by atoms with van der Waals surface area (Å²) in [6.45, 7) is 6.13. The van der Waals surface area contributed by atoms with E-state index in [-0.39, 0.29) is 5.91 Å². The zero-order valence-corrected chi connectivity index (χ0v) is 10.8. The topological polar surface area (TPSA) is 58.4 Å². The molecule has 0 aromatic rings. The highest BCUT2D eigenvalue weighted by Gasteiger charge is 2.26. The molecule has 2 aliphatic rings. The van der Waals surface area contributed by atoms with Crippen LogP contribution in [0.1, 0.15) is 32.6 Å². The molecule has 4 heteroatoms. The largest absolute Gasteiger partial charge is 0.353 e. The van der Waals surface area contributed by atoms with E-state index in [9.17, 15) is 4.79 Å². The van der Waals surface area contributed by atoms with Crippen LogP contribution in [0, 0.1) is 11.8 Å². The first kappa shape index (κ1) is 12.8. The fourth-order valence-corrected chi connectivity index (χ4v) is 2.52. The van der Waals surface area contributed by atoms with Gasteiger partial charge in [-0.1, -0.05) is 6.92 Å². The van der Waals surface area contributed by atoms with Crippen LogP contribution in [-0.2, 0) is 4.79 Å². The summed E-state index contributed by atoms with van der Waals surface area (Å²) in [5.74, 6) is 1.56. The monoisotopic (exact) mass is 239 g/mol. The number of rotatable bonds is 5. The molecule has 0 aromatic heterocycles. The van der Waals surface area contributed by atoms with Crippen molar-refractivity contribution in [3.05, 3.63) is 0 Å². The molecule has 1 saturated carbocycles. The van der Waals surface area contributed by atoms with Crippen molar-refractivity contribution in [3.8, 4) is 0 Å².